The van der Waals surface area contributed by atoms with E-state index < -0.39 is 5.91 Å². The summed E-state index contributed by atoms with van der Waals surface area (Å²) in [6.45, 7) is 2.55. The Bertz CT molecular complexity index is 1030. The number of para-hydroxylation sites is 1. The fourth-order valence-electron chi connectivity index (χ4n) is 3.31. The molecule has 0 bridgehead atoms. The fraction of sp³-hybridized carbons (Fsp3) is 0.182. The van der Waals surface area contributed by atoms with Gasteiger partial charge in [-0.05, 0) is 48.7 Å². The third-order valence-electron chi connectivity index (χ3n) is 4.72. The molecule has 0 aliphatic rings. The van der Waals surface area contributed by atoms with Crippen molar-refractivity contribution in [3.8, 4) is 23.1 Å². The van der Waals surface area contributed by atoms with Crippen molar-refractivity contribution in [2.24, 2.45) is 5.73 Å². The highest BCUT2D eigenvalue weighted by Gasteiger charge is 2.17. The summed E-state index contributed by atoms with van der Waals surface area (Å²) in [7, 11) is 1.66. The van der Waals surface area contributed by atoms with Gasteiger partial charge in [-0.2, -0.15) is 5.26 Å². The van der Waals surface area contributed by atoms with E-state index in [4.69, 9.17) is 10.5 Å². The van der Waals surface area contributed by atoms with Gasteiger partial charge in [-0.3, -0.25) is 4.79 Å². The van der Waals surface area contributed by atoms with Crippen LogP contribution in [0.4, 0.5) is 0 Å². The van der Waals surface area contributed by atoms with Gasteiger partial charge in [-0.15, -0.1) is 0 Å². The van der Waals surface area contributed by atoms with E-state index in [1.165, 1.54) is 0 Å². The summed E-state index contributed by atoms with van der Waals surface area (Å²) in [5, 5.41) is 9.19. The second kappa shape index (κ2) is 7.79. The highest BCUT2D eigenvalue weighted by molar-refractivity contribution is 5.95. The van der Waals surface area contributed by atoms with E-state index in [0.717, 1.165) is 34.7 Å². The minimum atomic E-state index is -0.457. The van der Waals surface area contributed by atoms with Crippen LogP contribution in [0, 0.1) is 18.3 Å². The summed E-state index contributed by atoms with van der Waals surface area (Å²) < 4.78 is 7.51. The normalized spacial score (nSPS) is 10.4. The van der Waals surface area contributed by atoms with Crippen LogP contribution in [-0.4, -0.2) is 17.6 Å². The number of nitriles is 1. The summed E-state index contributed by atoms with van der Waals surface area (Å²) in [6, 6.07) is 19.2. The van der Waals surface area contributed by atoms with Crippen LogP contribution in [-0.2, 0) is 13.0 Å². The third-order valence-corrected chi connectivity index (χ3v) is 4.72. The molecule has 0 saturated carbocycles. The molecular formula is C22H21N3O2. The van der Waals surface area contributed by atoms with Gasteiger partial charge in [0.05, 0.1) is 24.3 Å². The average molecular weight is 359 g/mol. The number of methoxy groups -OCH3 is 1. The number of nitrogens with zero attached hydrogens (tertiary/aromatic N) is 2. The molecule has 0 atom stereocenters. The molecule has 0 saturated heterocycles. The van der Waals surface area contributed by atoms with E-state index >= 15 is 0 Å². The number of hydrogen-bond donors (Lipinski definition) is 1. The van der Waals surface area contributed by atoms with Crippen molar-refractivity contribution in [1.29, 1.82) is 5.26 Å². The highest BCUT2D eigenvalue weighted by atomic mass is 16.5. The van der Waals surface area contributed by atoms with Crippen molar-refractivity contribution in [2.45, 2.75) is 19.9 Å². The van der Waals surface area contributed by atoms with Crippen molar-refractivity contribution in [3.63, 3.8) is 0 Å². The Morgan fingerprint density at radius 2 is 1.96 bits per heavy atom. The number of nitrogens with two attached hydrogens (primary N) is 1. The lowest BCUT2D eigenvalue weighted by atomic mass is 10.1. The van der Waals surface area contributed by atoms with Crippen LogP contribution in [0.5, 0.6) is 5.75 Å². The van der Waals surface area contributed by atoms with Crippen molar-refractivity contribution >= 4 is 5.91 Å². The van der Waals surface area contributed by atoms with Crippen molar-refractivity contribution in [3.05, 3.63) is 77.0 Å². The molecule has 2 aromatic carbocycles. The standard InChI is InChI=1S/C22H21N3O2/c1-15-19(22(24)26)13-20(18-8-5-6-16(12-18)14-23)25(15)11-10-17-7-3-4-9-21(17)27-2/h3-9,12-13H,10-11H2,1-2H3,(H2,24,26). The van der Waals surface area contributed by atoms with Gasteiger partial charge in [-0.1, -0.05) is 30.3 Å². The van der Waals surface area contributed by atoms with Crippen LogP contribution in [0.25, 0.3) is 11.3 Å². The Hall–Kier alpha value is -3.52. The third kappa shape index (κ3) is 3.70. The largest absolute Gasteiger partial charge is 0.496 e. The zero-order valence-electron chi connectivity index (χ0n) is 15.4. The summed E-state index contributed by atoms with van der Waals surface area (Å²) in [5.74, 6) is 0.381. The van der Waals surface area contributed by atoms with E-state index in [0.29, 0.717) is 17.7 Å². The van der Waals surface area contributed by atoms with E-state index in [2.05, 4.69) is 10.6 Å². The molecule has 1 aromatic heterocycles. The van der Waals surface area contributed by atoms with Crippen LogP contribution < -0.4 is 10.5 Å². The minimum absolute atomic E-state index is 0.457. The number of carbonyl (C=O) groups is 1. The molecule has 5 heteroatoms. The maximum Gasteiger partial charge on any atom is 0.250 e. The van der Waals surface area contributed by atoms with Gasteiger partial charge in [0.2, 0.25) is 0 Å². The highest BCUT2D eigenvalue weighted by Crippen LogP contribution is 2.28. The summed E-state index contributed by atoms with van der Waals surface area (Å²) >= 11 is 0. The first kappa shape index (κ1) is 18.3. The van der Waals surface area contributed by atoms with Crippen molar-refractivity contribution < 1.29 is 9.53 Å². The molecule has 0 radical (unpaired) electrons. The van der Waals surface area contributed by atoms with E-state index in [9.17, 15) is 10.1 Å². The molecule has 1 heterocycles. The maximum atomic E-state index is 11.9. The lowest BCUT2D eigenvalue weighted by Gasteiger charge is -2.14. The molecule has 5 nitrogen and oxygen atoms in total. The molecule has 27 heavy (non-hydrogen) atoms. The summed E-state index contributed by atoms with van der Waals surface area (Å²) in [4.78, 5) is 11.9. The molecule has 0 aliphatic carbocycles. The number of primary amides is 1. The molecule has 0 spiro atoms. The Morgan fingerprint density at radius 1 is 1.19 bits per heavy atom. The fourth-order valence-corrected chi connectivity index (χ4v) is 3.31. The van der Waals surface area contributed by atoms with E-state index in [-0.39, 0.29) is 0 Å². The average Bonchev–Trinajstić information content (AvgIpc) is 3.03. The molecule has 3 rings (SSSR count). The SMILES string of the molecule is COc1ccccc1CCn1c(-c2cccc(C#N)c2)cc(C(N)=O)c1C. The van der Waals surface area contributed by atoms with Crippen LogP contribution >= 0.6 is 0 Å². The second-order valence-corrected chi connectivity index (χ2v) is 6.30. The lowest BCUT2D eigenvalue weighted by Crippen LogP contribution is -2.13. The Labute approximate surface area is 158 Å². The lowest BCUT2D eigenvalue weighted by molar-refractivity contribution is 0.0999. The predicted octanol–water partition coefficient (Wildman–Crippen LogP) is 3.69. The van der Waals surface area contributed by atoms with Crippen LogP contribution in [0.1, 0.15) is 27.2 Å². The molecule has 1 amide bonds. The Morgan fingerprint density at radius 3 is 2.67 bits per heavy atom. The number of carbonyl (C=O) groups excluding carboxylic acids is 1. The first-order valence-electron chi connectivity index (χ1n) is 8.67. The van der Waals surface area contributed by atoms with Gasteiger partial charge < -0.3 is 15.0 Å². The van der Waals surface area contributed by atoms with E-state index in [1.807, 2.05) is 49.4 Å². The quantitative estimate of drug-likeness (QED) is 0.729. The summed E-state index contributed by atoms with van der Waals surface area (Å²) in [5.41, 5.74) is 10.3. The minimum Gasteiger partial charge on any atom is -0.496 e. The number of benzene rings is 2. The second-order valence-electron chi connectivity index (χ2n) is 6.30. The number of aromatic nitrogens is 1. The van der Waals surface area contributed by atoms with Crippen LogP contribution in [0.15, 0.2) is 54.6 Å². The molecular weight excluding hydrogens is 338 g/mol. The van der Waals surface area contributed by atoms with Gasteiger partial charge in [0, 0.05) is 17.9 Å². The molecule has 0 aliphatic heterocycles. The van der Waals surface area contributed by atoms with Gasteiger partial charge in [0.25, 0.3) is 5.91 Å². The van der Waals surface area contributed by atoms with Gasteiger partial charge in [-0.25, -0.2) is 0 Å². The first-order chi connectivity index (χ1) is 13.0. The number of rotatable bonds is 6. The number of hydrogen-bond acceptors (Lipinski definition) is 3. The predicted molar refractivity (Wildman–Crippen MR) is 105 cm³/mol. The molecule has 0 fully saturated rings. The zero-order valence-corrected chi connectivity index (χ0v) is 15.4. The molecule has 3 aromatic rings. The van der Waals surface area contributed by atoms with Gasteiger partial charge in [0.1, 0.15) is 5.75 Å². The van der Waals surface area contributed by atoms with Crippen molar-refractivity contribution in [1.82, 2.24) is 4.57 Å². The van der Waals surface area contributed by atoms with Gasteiger partial charge >= 0.3 is 0 Å². The Kier molecular flexibility index (Phi) is 5.28. The smallest absolute Gasteiger partial charge is 0.250 e. The Balaban J connectivity index is 2.03. The number of ether oxygens (including phenoxy) is 1. The first-order valence-corrected chi connectivity index (χ1v) is 8.67. The number of amides is 1. The molecule has 136 valence electrons. The van der Waals surface area contributed by atoms with Crippen LogP contribution in [0.2, 0.25) is 0 Å². The van der Waals surface area contributed by atoms with E-state index in [1.54, 1.807) is 19.2 Å². The van der Waals surface area contributed by atoms with Gasteiger partial charge in [0.15, 0.2) is 0 Å². The number of aryl methyl sites for hydroxylation is 1. The molecule has 0 unspecified atom stereocenters. The zero-order chi connectivity index (χ0) is 19.4. The maximum absolute atomic E-state index is 11.9. The topological polar surface area (TPSA) is 81.0 Å². The monoisotopic (exact) mass is 359 g/mol. The van der Waals surface area contributed by atoms with Crippen molar-refractivity contribution in [2.75, 3.05) is 7.11 Å². The van der Waals surface area contributed by atoms with Crippen LogP contribution in [0.3, 0.4) is 0 Å². The molecule has 2 N–H and O–H groups in total. The summed E-state index contributed by atoms with van der Waals surface area (Å²) in [6.07, 6.45) is 0.739.